The number of carbonyl (C=O) groups excluding carboxylic acids is 2. The number of carbonyl (C=O) groups is 2. The van der Waals surface area contributed by atoms with E-state index in [2.05, 4.69) is 27.1 Å². The van der Waals surface area contributed by atoms with Gasteiger partial charge in [-0.25, -0.2) is 4.98 Å². The van der Waals surface area contributed by atoms with Gasteiger partial charge in [0.05, 0.1) is 16.5 Å². The second-order valence-electron chi connectivity index (χ2n) is 7.44. The number of nitrogens with one attached hydrogen (secondary N) is 2. The number of anilines is 1. The van der Waals surface area contributed by atoms with E-state index in [-0.39, 0.29) is 18.2 Å². The highest BCUT2D eigenvalue weighted by Gasteiger charge is 2.35. The average molecular weight is 489 g/mol. The molecule has 1 unspecified atom stereocenters. The summed E-state index contributed by atoms with van der Waals surface area (Å²) < 4.78 is 2.30. The van der Waals surface area contributed by atoms with Crippen LogP contribution in [0.5, 0.6) is 0 Å². The molecule has 1 aliphatic rings. The highest BCUT2D eigenvalue weighted by molar-refractivity contribution is 7.71. The molecule has 0 bridgehead atoms. The zero-order valence-corrected chi connectivity index (χ0v) is 19.7. The molecular formula is C21H21ClN6O2S2. The van der Waals surface area contributed by atoms with Gasteiger partial charge in [0.2, 0.25) is 11.8 Å². The summed E-state index contributed by atoms with van der Waals surface area (Å²) in [5.74, 6) is -0.105. The largest absolute Gasteiger partial charge is 0.337 e. The van der Waals surface area contributed by atoms with E-state index in [0.29, 0.717) is 40.4 Å². The lowest BCUT2D eigenvalue weighted by molar-refractivity contribution is -0.128. The van der Waals surface area contributed by atoms with Crippen LogP contribution in [-0.2, 0) is 22.7 Å². The first-order chi connectivity index (χ1) is 15.4. The van der Waals surface area contributed by atoms with Crippen molar-refractivity contribution in [2.24, 2.45) is 5.92 Å². The van der Waals surface area contributed by atoms with Crippen molar-refractivity contribution < 1.29 is 9.59 Å². The highest BCUT2D eigenvalue weighted by atomic mass is 35.5. The molecule has 1 aliphatic heterocycles. The lowest BCUT2D eigenvalue weighted by Crippen LogP contribution is -2.28. The second-order valence-corrected chi connectivity index (χ2v) is 9.23. The number of likely N-dealkylation sites (tertiary alicyclic amines) is 1. The second kappa shape index (κ2) is 9.35. The predicted octanol–water partition coefficient (Wildman–Crippen LogP) is 4.20. The number of aromatic amines is 1. The van der Waals surface area contributed by atoms with Crippen molar-refractivity contribution >= 4 is 52.1 Å². The lowest BCUT2D eigenvalue weighted by Gasteiger charge is -2.17. The Balaban J connectivity index is 1.45. The number of thiazole rings is 1. The molecule has 0 spiro atoms. The molecule has 3 aromatic rings. The first kappa shape index (κ1) is 22.4. The van der Waals surface area contributed by atoms with Crippen LogP contribution in [0.25, 0.3) is 10.7 Å². The van der Waals surface area contributed by atoms with Gasteiger partial charge in [-0.1, -0.05) is 47.2 Å². The van der Waals surface area contributed by atoms with Crippen molar-refractivity contribution in [3.8, 4) is 10.7 Å². The van der Waals surface area contributed by atoms with E-state index >= 15 is 0 Å². The number of hydrogen-bond acceptors (Lipinski definition) is 6. The van der Waals surface area contributed by atoms with Crippen LogP contribution in [-0.4, -0.2) is 43.0 Å². The third-order valence-corrected chi connectivity index (χ3v) is 6.95. The molecule has 2 aromatic heterocycles. The Kier molecular flexibility index (Phi) is 6.54. The highest BCUT2D eigenvalue weighted by Crippen LogP contribution is 2.32. The first-order valence-electron chi connectivity index (χ1n) is 9.93. The minimum absolute atomic E-state index is 0.0685. The van der Waals surface area contributed by atoms with Gasteiger partial charge >= 0.3 is 0 Å². The Hall–Kier alpha value is -2.82. The van der Waals surface area contributed by atoms with Gasteiger partial charge in [-0.05, 0) is 30.8 Å². The molecule has 1 saturated heterocycles. The SMILES string of the molecule is C=CCn1c(-c2sc(NC(=O)C3CC(=O)N(Cc4ccccc4Cl)C3)nc2C)n[nH]c1=S. The Labute approximate surface area is 198 Å². The molecule has 3 heterocycles. The molecule has 8 nitrogen and oxygen atoms in total. The standard InChI is InChI=1S/C21H21ClN6O2S2/c1-3-8-28-18(25-26-21(28)31)17-12(2)23-20(32-17)24-19(30)14-9-16(29)27(11-14)10-13-6-4-5-7-15(13)22/h3-7,14H,1,8-11H2,2H3,(H,26,31)(H,23,24,30). The summed E-state index contributed by atoms with van der Waals surface area (Å²) >= 11 is 12.8. The van der Waals surface area contributed by atoms with Gasteiger partial charge in [0, 0.05) is 31.1 Å². The summed E-state index contributed by atoms with van der Waals surface area (Å²) in [4.78, 5) is 32.2. The third kappa shape index (κ3) is 4.52. The van der Waals surface area contributed by atoms with Crippen molar-refractivity contribution in [2.45, 2.75) is 26.4 Å². The van der Waals surface area contributed by atoms with Gasteiger partial charge < -0.3 is 10.2 Å². The molecule has 0 radical (unpaired) electrons. The zero-order valence-electron chi connectivity index (χ0n) is 17.3. The number of allylic oxidation sites excluding steroid dienone is 1. The van der Waals surface area contributed by atoms with E-state index in [1.807, 2.05) is 29.7 Å². The number of aromatic nitrogens is 4. The maximum Gasteiger partial charge on any atom is 0.231 e. The third-order valence-electron chi connectivity index (χ3n) is 5.20. The zero-order chi connectivity index (χ0) is 22.8. The van der Waals surface area contributed by atoms with E-state index in [1.54, 1.807) is 17.0 Å². The van der Waals surface area contributed by atoms with Gasteiger partial charge in [-0.3, -0.25) is 19.3 Å². The van der Waals surface area contributed by atoms with E-state index < -0.39 is 5.92 Å². The van der Waals surface area contributed by atoms with Crippen molar-refractivity contribution in [3.05, 3.63) is 58.0 Å². The summed E-state index contributed by atoms with van der Waals surface area (Å²) in [6, 6.07) is 7.39. The molecule has 1 atom stereocenters. The molecule has 11 heteroatoms. The quantitative estimate of drug-likeness (QED) is 0.384. The van der Waals surface area contributed by atoms with E-state index in [1.165, 1.54) is 11.3 Å². The van der Waals surface area contributed by atoms with Crippen LogP contribution in [0.1, 0.15) is 17.7 Å². The van der Waals surface area contributed by atoms with Crippen LogP contribution in [0.4, 0.5) is 5.13 Å². The Morgan fingerprint density at radius 3 is 3.00 bits per heavy atom. The number of halogens is 1. The molecular weight excluding hydrogens is 468 g/mol. The minimum Gasteiger partial charge on any atom is -0.337 e. The molecule has 1 fully saturated rings. The van der Waals surface area contributed by atoms with Gasteiger partial charge in [-0.15, -0.1) is 6.58 Å². The molecule has 0 saturated carbocycles. The van der Waals surface area contributed by atoms with Crippen molar-refractivity contribution in [3.63, 3.8) is 0 Å². The molecule has 166 valence electrons. The Morgan fingerprint density at radius 1 is 1.47 bits per heavy atom. The van der Waals surface area contributed by atoms with Gasteiger partial charge in [0.1, 0.15) is 0 Å². The number of amides is 2. The molecule has 4 rings (SSSR count). The summed E-state index contributed by atoms with van der Waals surface area (Å²) in [5.41, 5.74) is 1.59. The summed E-state index contributed by atoms with van der Waals surface area (Å²) in [6.07, 6.45) is 1.89. The lowest BCUT2D eigenvalue weighted by atomic mass is 10.1. The number of rotatable bonds is 7. The van der Waals surface area contributed by atoms with Crippen LogP contribution in [0.15, 0.2) is 36.9 Å². The monoisotopic (exact) mass is 488 g/mol. The van der Waals surface area contributed by atoms with E-state index in [0.717, 1.165) is 16.1 Å². The average Bonchev–Trinajstić information content (AvgIpc) is 3.42. The summed E-state index contributed by atoms with van der Waals surface area (Å²) in [7, 11) is 0. The van der Waals surface area contributed by atoms with E-state index in [9.17, 15) is 9.59 Å². The van der Waals surface area contributed by atoms with E-state index in [4.69, 9.17) is 23.8 Å². The van der Waals surface area contributed by atoms with Crippen LogP contribution >= 0.6 is 35.2 Å². The Bertz CT molecular complexity index is 1250. The van der Waals surface area contributed by atoms with Crippen LogP contribution in [0, 0.1) is 17.6 Å². The number of hydrogen-bond donors (Lipinski definition) is 2. The maximum absolute atomic E-state index is 12.8. The number of aryl methyl sites for hydroxylation is 1. The normalized spacial score (nSPS) is 15.9. The van der Waals surface area contributed by atoms with Crippen LogP contribution < -0.4 is 5.32 Å². The summed E-state index contributed by atoms with van der Waals surface area (Å²) in [6.45, 7) is 6.83. The minimum atomic E-state index is -0.451. The van der Waals surface area contributed by atoms with Crippen LogP contribution in [0.3, 0.4) is 0 Å². The Morgan fingerprint density at radius 2 is 2.25 bits per heavy atom. The maximum atomic E-state index is 12.8. The predicted molar refractivity (Wildman–Crippen MR) is 127 cm³/mol. The topological polar surface area (TPSA) is 95.9 Å². The molecule has 32 heavy (non-hydrogen) atoms. The fourth-order valence-corrected chi connectivity index (χ4v) is 4.96. The summed E-state index contributed by atoms with van der Waals surface area (Å²) in [5, 5.41) is 11.0. The number of nitrogens with zero attached hydrogens (tertiary/aromatic N) is 4. The fourth-order valence-electron chi connectivity index (χ4n) is 3.59. The number of H-pyrrole nitrogens is 1. The smallest absolute Gasteiger partial charge is 0.231 e. The van der Waals surface area contributed by atoms with Crippen molar-refractivity contribution in [1.29, 1.82) is 0 Å². The van der Waals surface area contributed by atoms with Crippen LogP contribution in [0.2, 0.25) is 5.02 Å². The molecule has 1 aromatic carbocycles. The van der Waals surface area contributed by atoms with Gasteiger partial charge in [-0.2, -0.15) is 5.10 Å². The first-order valence-corrected chi connectivity index (χ1v) is 11.5. The number of benzene rings is 1. The van der Waals surface area contributed by atoms with Crippen molar-refractivity contribution in [2.75, 3.05) is 11.9 Å². The molecule has 2 amide bonds. The van der Waals surface area contributed by atoms with Gasteiger partial charge in [0.15, 0.2) is 15.7 Å². The molecule has 0 aliphatic carbocycles. The van der Waals surface area contributed by atoms with Crippen molar-refractivity contribution in [1.82, 2.24) is 24.6 Å². The fraction of sp³-hybridized carbons (Fsp3) is 0.286. The molecule has 2 N–H and O–H groups in total. The van der Waals surface area contributed by atoms with Gasteiger partial charge in [0.25, 0.3) is 0 Å².